The van der Waals surface area contributed by atoms with Gasteiger partial charge in [-0.25, -0.2) is 4.98 Å². The summed E-state index contributed by atoms with van der Waals surface area (Å²) in [7, 11) is 4.20. The quantitative estimate of drug-likeness (QED) is 0.826. The van der Waals surface area contributed by atoms with Gasteiger partial charge in [-0.3, -0.25) is 4.79 Å². The van der Waals surface area contributed by atoms with E-state index in [1.807, 2.05) is 4.90 Å². The number of nitrogens with zero attached hydrogens (tertiary/aromatic N) is 3. The van der Waals surface area contributed by atoms with Gasteiger partial charge in [-0.15, -0.1) is 0 Å². The van der Waals surface area contributed by atoms with Crippen LogP contribution in [0.25, 0.3) is 0 Å². The Labute approximate surface area is 124 Å². The molecule has 1 spiro atoms. The van der Waals surface area contributed by atoms with E-state index in [9.17, 15) is 4.79 Å². The number of rotatable bonds is 3. The molecular formula is C15H21N3O3. The number of hydrogen-bond acceptors (Lipinski definition) is 5. The summed E-state index contributed by atoms with van der Waals surface area (Å²) in [5, 5.41) is 0. The van der Waals surface area contributed by atoms with E-state index in [1.165, 1.54) is 12.6 Å². The van der Waals surface area contributed by atoms with Crippen LogP contribution in [0.15, 0.2) is 17.0 Å². The molecule has 6 heteroatoms. The summed E-state index contributed by atoms with van der Waals surface area (Å²) in [4.78, 5) is 20.4. The molecule has 3 aliphatic rings. The van der Waals surface area contributed by atoms with Crippen LogP contribution in [0, 0.1) is 11.8 Å². The molecule has 21 heavy (non-hydrogen) atoms. The Morgan fingerprint density at radius 3 is 3.14 bits per heavy atom. The predicted molar refractivity (Wildman–Crippen MR) is 74.8 cm³/mol. The van der Waals surface area contributed by atoms with Crippen molar-refractivity contribution in [2.24, 2.45) is 11.8 Å². The van der Waals surface area contributed by atoms with E-state index < -0.39 is 0 Å². The summed E-state index contributed by atoms with van der Waals surface area (Å²) < 4.78 is 11.5. The highest BCUT2D eigenvalue weighted by Gasteiger charge is 2.63. The topological polar surface area (TPSA) is 58.8 Å². The van der Waals surface area contributed by atoms with Crippen molar-refractivity contribution in [3.8, 4) is 0 Å². The molecule has 3 saturated heterocycles. The first-order valence-corrected chi connectivity index (χ1v) is 7.59. The maximum absolute atomic E-state index is 12.5. The summed E-state index contributed by atoms with van der Waals surface area (Å²) in [5.41, 5.74) is -0.110. The van der Waals surface area contributed by atoms with E-state index in [-0.39, 0.29) is 11.5 Å². The van der Waals surface area contributed by atoms with Crippen LogP contribution in [-0.4, -0.2) is 66.1 Å². The molecule has 1 aromatic heterocycles. The van der Waals surface area contributed by atoms with Crippen LogP contribution in [0.2, 0.25) is 0 Å². The lowest BCUT2D eigenvalue weighted by atomic mass is 9.73. The second-order valence-electron chi connectivity index (χ2n) is 6.84. The molecule has 0 aliphatic carbocycles. The van der Waals surface area contributed by atoms with Crippen LogP contribution < -0.4 is 0 Å². The number of likely N-dealkylation sites (tertiary alicyclic amines) is 1. The highest BCUT2D eigenvalue weighted by molar-refractivity contribution is 5.91. The molecule has 0 aromatic carbocycles. The highest BCUT2D eigenvalue weighted by Crippen LogP contribution is 2.55. The van der Waals surface area contributed by atoms with Crippen LogP contribution in [0.3, 0.4) is 0 Å². The number of fused-ring (bicyclic) bond motifs is 1. The van der Waals surface area contributed by atoms with Gasteiger partial charge < -0.3 is 19.0 Å². The van der Waals surface area contributed by atoms with Crippen molar-refractivity contribution in [1.82, 2.24) is 14.8 Å². The second kappa shape index (κ2) is 4.55. The zero-order valence-electron chi connectivity index (χ0n) is 12.5. The van der Waals surface area contributed by atoms with Crippen molar-refractivity contribution >= 4 is 5.91 Å². The van der Waals surface area contributed by atoms with E-state index in [4.69, 9.17) is 9.15 Å². The molecule has 6 nitrogen and oxygen atoms in total. The molecule has 2 bridgehead atoms. The fourth-order valence-electron chi connectivity index (χ4n) is 4.49. The normalized spacial score (nSPS) is 37.5. The molecule has 3 aliphatic heterocycles. The smallest absolute Gasteiger partial charge is 0.291 e. The number of hydrogen-bond donors (Lipinski definition) is 0. The summed E-state index contributed by atoms with van der Waals surface area (Å²) in [5.74, 6) is 1.24. The molecule has 0 N–H and O–H groups in total. The Morgan fingerprint density at radius 1 is 1.57 bits per heavy atom. The predicted octanol–water partition coefficient (Wildman–Crippen LogP) is 0.856. The van der Waals surface area contributed by atoms with Gasteiger partial charge in [0.15, 0.2) is 6.39 Å². The van der Waals surface area contributed by atoms with Crippen LogP contribution in [0.1, 0.15) is 23.4 Å². The fourth-order valence-corrected chi connectivity index (χ4v) is 4.49. The van der Waals surface area contributed by atoms with Crippen molar-refractivity contribution in [2.45, 2.75) is 24.5 Å². The largest absolute Gasteiger partial charge is 0.438 e. The minimum atomic E-state index is -0.110. The third-order valence-electron chi connectivity index (χ3n) is 5.29. The van der Waals surface area contributed by atoms with Gasteiger partial charge in [0.1, 0.15) is 0 Å². The van der Waals surface area contributed by atoms with E-state index in [1.54, 1.807) is 0 Å². The lowest BCUT2D eigenvalue weighted by Gasteiger charge is -2.30. The number of ether oxygens (including phenoxy) is 1. The Morgan fingerprint density at radius 2 is 2.43 bits per heavy atom. The lowest BCUT2D eigenvalue weighted by Crippen LogP contribution is -2.40. The molecule has 4 atom stereocenters. The Bertz CT molecular complexity index is 544. The van der Waals surface area contributed by atoms with Gasteiger partial charge in [-0.2, -0.15) is 0 Å². The number of oxazole rings is 1. The number of carbonyl (C=O) groups is 1. The molecule has 4 heterocycles. The zero-order chi connectivity index (χ0) is 14.6. The summed E-state index contributed by atoms with van der Waals surface area (Å²) in [6, 6.07) is 0. The summed E-state index contributed by atoms with van der Waals surface area (Å²) in [6.45, 7) is 2.49. The van der Waals surface area contributed by atoms with E-state index in [2.05, 4.69) is 24.0 Å². The van der Waals surface area contributed by atoms with Gasteiger partial charge in [-0.1, -0.05) is 0 Å². The monoisotopic (exact) mass is 291 g/mol. The molecule has 0 saturated carbocycles. The maximum Gasteiger partial charge on any atom is 0.291 e. The molecule has 4 rings (SSSR count). The fraction of sp³-hybridized carbons (Fsp3) is 0.733. The minimum Gasteiger partial charge on any atom is -0.438 e. The third kappa shape index (κ3) is 1.92. The first-order chi connectivity index (χ1) is 10.1. The van der Waals surface area contributed by atoms with Gasteiger partial charge in [-0.05, 0) is 26.9 Å². The van der Waals surface area contributed by atoms with E-state index in [0.29, 0.717) is 30.2 Å². The van der Waals surface area contributed by atoms with Crippen LogP contribution in [-0.2, 0) is 4.74 Å². The maximum atomic E-state index is 12.5. The molecule has 3 fully saturated rings. The first kappa shape index (κ1) is 13.3. The lowest BCUT2D eigenvalue weighted by molar-refractivity contribution is 0.00225. The Balaban J connectivity index is 1.55. The average Bonchev–Trinajstić information content (AvgIpc) is 3.18. The number of amides is 1. The van der Waals surface area contributed by atoms with E-state index >= 15 is 0 Å². The zero-order valence-corrected chi connectivity index (χ0v) is 12.5. The molecule has 0 radical (unpaired) electrons. The first-order valence-electron chi connectivity index (χ1n) is 7.59. The van der Waals surface area contributed by atoms with Crippen molar-refractivity contribution < 1.29 is 13.9 Å². The van der Waals surface area contributed by atoms with Gasteiger partial charge in [0.2, 0.25) is 5.76 Å². The van der Waals surface area contributed by atoms with Crippen LogP contribution >= 0.6 is 0 Å². The Hall–Kier alpha value is -1.40. The van der Waals surface area contributed by atoms with Crippen molar-refractivity contribution in [3.05, 3.63) is 18.4 Å². The summed E-state index contributed by atoms with van der Waals surface area (Å²) >= 11 is 0. The second-order valence-corrected chi connectivity index (χ2v) is 6.84. The third-order valence-corrected chi connectivity index (χ3v) is 5.29. The van der Waals surface area contributed by atoms with Gasteiger partial charge in [0.25, 0.3) is 5.91 Å². The molecule has 1 aromatic rings. The number of aromatic nitrogens is 1. The summed E-state index contributed by atoms with van der Waals surface area (Å²) in [6.07, 6.45) is 5.37. The SMILES string of the molecule is CN(C)C[C@H]1[C@@H]2CC[C@@]3(CN(C(=O)c4cnco4)C[C@@H]13)O2. The molecule has 114 valence electrons. The van der Waals surface area contributed by atoms with Crippen molar-refractivity contribution in [3.63, 3.8) is 0 Å². The van der Waals surface area contributed by atoms with Gasteiger partial charge in [0.05, 0.1) is 24.4 Å². The van der Waals surface area contributed by atoms with Crippen LogP contribution in [0.4, 0.5) is 0 Å². The highest BCUT2D eigenvalue weighted by atomic mass is 16.5. The van der Waals surface area contributed by atoms with E-state index in [0.717, 1.165) is 25.9 Å². The molecular weight excluding hydrogens is 270 g/mol. The van der Waals surface area contributed by atoms with Gasteiger partial charge in [0, 0.05) is 24.9 Å². The molecule has 1 amide bonds. The number of carbonyl (C=O) groups excluding carboxylic acids is 1. The Kier molecular flexibility index (Phi) is 2.87. The minimum absolute atomic E-state index is 0.0630. The van der Waals surface area contributed by atoms with Gasteiger partial charge >= 0.3 is 0 Å². The van der Waals surface area contributed by atoms with Crippen molar-refractivity contribution in [1.29, 1.82) is 0 Å². The van der Waals surface area contributed by atoms with Crippen molar-refractivity contribution in [2.75, 3.05) is 33.7 Å². The average molecular weight is 291 g/mol. The van der Waals surface area contributed by atoms with Crippen LogP contribution in [0.5, 0.6) is 0 Å². The molecule has 0 unspecified atom stereocenters. The standard InChI is InChI=1S/C15H21N3O3/c1-17(2)6-10-11-7-18(14(19)13-5-16-9-20-13)8-15(11)4-3-12(10)21-15/h5,9-12H,3-4,6-8H2,1-2H3/t10-,11+,12+,15+/m1/s1.